The van der Waals surface area contributed by atoms with Gasteiger partial charge in [0.25, 0.3) is 5.91 Å². The van der Waals surface area contributed by atoms with Crippen LogP contribution in [0, 0.1) is 0 Å². The zero-order valence-corrected chi connectivity index (χ0v) is 19.4. The number of sulfonamides is 1. The summed E-state index contributed by atoms with van der Waals surface area (Å²) < 4.78 is 38.1. The fourth-order valence-corrected chi connectivity index (χ4v) is 4.58. The van der Waals surface area contributed by atoms with Crippen LogP contribution in [0.25, 0.3) is 0 Å². The second-order valence-electron chi connectivity index (χ2n) is 7.55. The summed E-state index contributed by atoms with van der Waals surface area (Å²) in [4.78, 5) is 16.7. The van der Waals surface area contributed by atoms with Gasteiger partial charge in [0.2, 0.25) is 10.0 Å². The minimum atomic E-state index is -3.53. The predicted molar refractivity (Wildman–Crippen MR) is 124 cm³/mol. The smallest absolute Gasteiger partial charge is 0.260 e. The van der Waals surface area contributed by atoms with Gasteiger partial charge in [0.05, 0.1) is 17.7 Å². The first-order valence-corrected chi connectivity index (χ1v) is 12.3. The largest absolute Gasteiger partial charge is 0.495 e. The summed E-state index contributed by atoms with van der Waals surface area (Å²) in [6, 6.07) is 14.0. The maximum atomic E-state index is 12.6. The molecule has 2 aromatic rings. The third-order valence-electron chi connectivity index (χ3n) is 5.38. The number of amides is 1. The fourth-order valence-electron chi connectivity index (χ4n) is 3.51. The first-order valence-electron chi connectivity index (χ1n) is 10.8. The number of carbonyl (C=O) groups is 1. The van der Waals surface area contributed by atoms with Crippen molar-refractivity contribution < 1.29 is 22.7 Å². The van der Waals surface area contributed by atoms with Crippen LogP contribution >= 0.6 is 0 Å². The number of hydrogen-bond acceptors (Lipinski definition) is 6. The highest BCUT2D eigenvalue weighted by atomic mass is 32.2. The van der Waals surface area contributed by atoms with E-state index in [1.165, 1.54) is 12.1 Å². The summed E-state index contributed by atoms with van der Waals surface area (Å²) >= 11 is 0. The molecular formula is C23H31N3O5S. The number of ether oxygens (including phenoxy) is 2. The molecule has 1 N–H and O–H groups in total. The quantitative estimate of drug-likeness (QED) is 0.547. The number of para-hydroxylation sites is 2. The summed E-state index contributed by atoms with van der Waals surface area (Å²) in [5, 5.41) is 0. The molecule has 1 heterocycles. The van der Waals surface area contributed by atoms with Gasteiger partial charge in [0.15, 0.2) is 6.61 Å². The molecule has 1 aliphatic heterocycles. The summed E-state index contributed by atoms with van der Waals surface area (Å²) in [6.07, 6.45) is 1.70. The normalized spacial score (nSPS) is 14.3. The highest BCUT2D eigenvalue weighted by Gasteiger charge is 2.23. The Bertz CT molecular complexity index is 987. The molecule has 0 atom stereocenters. The van der Waals surface area contributed by atoms with Gasteiger partial charge < -0.3 is 19.3 Å². The van der Waals surface area contributed by atoms with E-state index in [4.69, 9.17) is 9.47 Å². The molecule has 1 saturated heterocycles. The number of methoxy groups -OCH3 is 1. The van der Waals surface area contributed by atoms with E-state index in [0.717, 1.165) is 24.3 Å². The van der Waals surface area contributed by atoms with Crippen LogP contribution in [0.4, 0.5) is 5.69 Å². The van der Waals surface area contributed by atoms with Crippen LogP contribution in [-0.4, -0.2) is 65.7 Å². The molecule has 1 aliphatic rings. The monoisotopic (exact) mass is 461 g/mol. The van der Waals surface area contributed by atoms with Crippen molar-refractivity contribution in [1.29, 1.82) is 0 Å². The summed E-state index contributed by atoms with van der Waals surface area (Å²) in [5.74, 6) is 1.18. The van der Waals surface area contributed by atoms with Crippen LogP contribution in [-0.2, 0) is 14.8 Å². The lowest BCUT2D eigenvalue weighted by atomic mass is 10.2. The second-order valence-corrected chi connectivity index (χ2v) is 9.32. The maximum Gasteiger partial charge on any atom is 0.260 e. The van der Waals surface area contributed by atoms with E-state index in [2.05, 4.69) is 9.62 Å². The molecule has 3 rings (SSSR count). The molecule has 174 valence electrons. The van der Waals surface area contributed by atoms with Gasteiger partial charge in [0.1, 0.15) is 11.5 Å². The lowest BCUT2D eigenvalue weighted by Gasteiger charge is -2.36. The maximum absolute atomic E-state index is 12.6. The van der Waals surface area contributed by atoms with Crippen LogP contribution in [0.15, 0.2) is 53.4 Å². The molecule has 0 radical (unpaired) electrons. The number of piperazine rings is 1. The summed E-state index contributed by atoms with van der Waals surface area (Å²) in [6.45, 7) is 4.95. The number of carbonyl (C=O) groups excluding carboxylic acids is 1. The van der Waals surface area contributed by atoms with E-state index < -0.39 is 10.0 Å². The zero-order chi connectivity index (χ0) is 23.0. The van der Waals surface area contributed by atoms with Crippen LogP contribution in [0.5, 0.6) is 11.5 Å². The van der Waals surface area contributed by atoms with Crippen LogP contribution < -0.4 is 19.1 Å². The van der Waals surface area contributed by atoms with E-state index in [0.29, 0.717) is 38.5 Å². The van der Waals surface area contributed by atoms with E-state index in [9.17, 15) is 13.2 Å². The van der Waals surface area contributed by atoms with Gasteiger partial charge in [-0.2, -0.15) is 0 Å². The van der Waals surface area contributed by atoms with Crippen molar-refractivity contribution in [2.75, 3.05) is 51.3 Å². The van der Waals surface area contributed by atoms with Gasteiger partial charge in [-0.25, -0.2) is 13.1 Å². The molecular weight excluding hydrogens is 430 g/mol. The van der Waals surface area contributed by atoms with E-state index in [1.54, 1.807) is 24.1 Å². The van der Waals surface area contributed by atoms with Gasteiger partial charge in [0, 0.05) is 32.7 Å². The van der Waals surface area contributed by atoms with Crippen LogP contribution in [0.3, 0.4) is 0 Å². The van der Waals surface area contributed by atoms with Crippen molar-refractivity contribution in [1.82, 2.24) is 9.62 Å². The van der Waals surface area contributed by atoms with Crippen molar-refractivity contribution in [3.8, 4) is 11.5 Å². The Hall–Kier alpha value is -2.78. The van der Waals surface area contributed by atoms with Crippen molar-refractivity contribution in [3.05, 3.63) is 48.5 Å². The number of hydrogen-bond donors (Lipinski definition) is 1. The summed E-state index contributed by atoms with van der Waals surface area (Å²) in [5.41, 5.74) is 1.03. The highest BCUT2D eigenvalue weighted by Crippen LogP contribution is 2.28. The van der Waals surface area contributed by atoms with E-state index in [-0.39, 0.29) is 17.4 Å². The Labute approximate surface area is 190 Å². The first-order chi connectivity index (χ1) is 15.4. The lowest BCUT2D eigenvalue weighted by molar-refractivity contribution is -0.133. The van der Waals surface area contributed by atoms with Gasteiger partial charge >= 0.3 is 0 Å². The Morgan fingerprint density at radius 2 is 1.72 bits per heavy atom. The highest BCUT2D eigenvalue weighted by molar-refractivity contribution is 7.89. The molecule has 0 aromatic heterocycles. The number of unbranched alkanes of at least 4 members (excludes halogenated alkanes) is 1. The molecule has 0 spiro atoms. The van der Waals surface area contributed by atoms with E-state index in [1.807, 2.05) is 31.2 Å². The second kappa shape index (κ2) is 11.2. The Morgan fingerprint density at radius 3 is 2.38 bits per heavy atom. The van der Waals surface area contributed by atoms with Crippen molar-refractivity contribution in [2.24, 2.45) is 0 Å². The molecule has 0 saturated carbocycles. The summed E-state index contributed by atoms with van der Waals surface area (Å²) in [7, 11) is -1.87. The number of nitrogens with zero attached hydrogens (tertiary/aromatic N) is 2. The standard InChI is InChI=1S/C23H31N3O5S/c1-3-4-13-24-32(28,29)20-11-9-19(10-12-20)31-18-23(27)26-16-14-25(15-17-26)21-7-5-6-8-22(21)30-2/h5-12,24H,3-4,13-18H2,1-2H3. The molecule has 8 nitrogen and oxygen atoms in total. The van der Waals surface area contributed by atoms with Gasteiger partial charge in [-0.1, -0.05) is 25.5 Å². The SMILES string of the molecule is CCCCNS(=O)(=O)c1ccc(OCC(=O)N2CCN(c3ccccc3OC)CC2)cc1. The molecule has 0 aliphatic carbocycles. The van der Waals surface area contributed by atoms with Gasteiger partial charge in [-0.3, -0.25) is 4.79 Å². The van der Waals surface area contributed by atoms with Gasteiger partial charge in [-0.15, -0.1) is 0 Å². The van der Waals surface area contributed by atoms with Crippen molar-refractivity contribution >= 4 is 21.6 Å². The number of anilines is 1. The van der Waals surface area contributed by atoms with Gasteiger partial charge in [-0.05, 0) is 42.8 Å². The third-order valence-corrected chi connectivity index (χ3v) is 6.85. The number of rotatable bonds is 10. The fraction of sp³-hybridized carbons (Fsp3) is 0.435. The van der Waals surface area contributed by atoms with Crippen molar-refractivity contribution in [3.63, 3.8) is 0 Å². The van der Waals surface area contributed by atoms with Crippen LogP contribution in [0.1, 0.15) is 19.8 Å². The number of nitrogens with one attached hydrogen (secondary N) is 1. The molecule has 1 fully saturated rings. The first kappa shape index (κ1) is 23.9. The zero-order valence-electron chi connectivity index (χ0n) is 18.6. The molecule has 2 aromatic carbocycles. The number of benzene rings is 2. The third kappa shape index (κ3) is 6.14. The minimum absolute atomic E-state index is 0.0878. The Morgan fingerprint density at radius 1 is 1.03 bits per heavy atom. The molecule has 32 heavy (non-hydrogen) atoms. The van der Waals surface area contributed by atoms with Crippen LogP contribution in [0.2, 0.25) is 0 Å². The molecule has 0 bridgehead atoms. The van der Waals surface area contributed by atoms with Crippen molar-refractivity contribution in [2.45, 2.75) is 24.7 Å². The molecule has 0 unspecified atom stereocenters. The van der Waals surface area contributed by atoms with E-state index >= 15 is 0 Å². The lowest BCUT2D eigenvalue weighted by Crippen LogP contribution is -2.50. The minimum Gasteiger partial charge on any atom is -0.495 e. The Balaban J connectivity index is 1.48. The average Bonchev–Trinajstić information content (AvgIpc) is 2.83. The topological polar surface area (TPSA) is 88.2 Å². The molecule has 1 amide bonds. The Kier molecular flexibility index (Phi) is 8.35. The molecule has 9 heteroatoms. The average molecular weight is 462 g/mol. The predicted octanol–water partition coefficient (Wildman–Crippen LogP) is 2.50.